The van der Waals surface area contributed by atoms with Crippen molar-refractivity contribution in [1.82, 2.24) is 14.2 Å². The van der Waals surface area contributed by atoms with E-state index in [4.69, 9.17) is 28.9 Å². The molecular formula is C21H23Cl2N5OS. The number of hydrogen-bond donors (Lipinski definition) is 2. The Hall–Kier alpha value is -2.11. The Bertz CT molecular complexity index is 951. The van der Waals surface area contributed by atoms with Crippen molar-refractivity contribution in [2.24, 2.45) is 0 Å². The summed E-state index contributed by atoms with van der Waals surface area (Å²) in [7, 11) is 0. The van der Waals surface area contributed by atoms with Crippen LogP contribution < -0.4 is 10.5 Å². The number of benzene rings is 1. The number of rotatable bonds is 7. The van der Waals surface area contributed by atoms with E-state index in [-0.39, 0.29) is 5.91 Å². The van der Waals surface area contributed by atoms with Crippen LogP contribution >= 0.6 is 35.1 Å². The van der Waals surface area contributed by atoms with Crippen LogP contribution in [0.5, 0.6) is 0 Å². The normalized spacial score (nSPS) is 15.1. The Morgan fingerprint density at radius 2 is 2.00 bits per heavy atom. The minimum atomic E-state index is -0.439. The maximum Gasteiger partial charge on any atom is 0.240 e. The molecule has 3 N–H and O–H groups in total. The number of hydrogen-bond acceptors (Lipinski definition) is 5. The van der Waals surface area contributed by atoms with Gasteiger partial charge in [-0.2, -0.15) is 5.26 Å². The molecular weight excluding hydrogens is 441 g/mol. The van der Waals surface area contributed by atoms with E-state index in [9.17, 15) is 10.1 Å². The van der Waals surface area contributed by atoms with Gasteiger partial charge in [-0.1, -0.05) is 35.4 Å². The molecule has 0 bridgehead atoms. The highest BCUT2D eigenvalue weighted by Gasteiger charge is 2.26. The third kappa shape index (κ3) is 5.52. The van der Waals surface area contributed by atoms with E-state index in [0.29, 0.717) is 47.5 Å². The Balaban J connectivity index is 1.72. The van der Waals surface area contributed by atoms with Gasteiger partial charge in [0.25, 0.3) is 0 Å². The van der Waals surface area contributed by atoms with Crippen molar-refractivity contribution in [2.45, 2.75) is 36.7 Å². The summed E-state index contributed by atoms with van der Waals surface area (Å²) in [4.78, 5) is 15.8. The van der Waals surface area contributed by atoms with Crippen LogP contribution in [-0.2, 0) is 11.3 Å². The van der Waals surface area contributed by atoms with Gasteiger partial charge in [0.15, 0.2) is 0 Å². The Morgan fingerprint density at radius 3 is 2.63 bits per heavy atom. The number of nitriles is 1. The van der Waals surface area contributed by atoms with Gasteiger partial charge in [-0.3, -0.25) is 4.79 Å². The molecule has 158 valence electrons. The van der Waals surface area contributed by atoms with Gasteiger partial charge in [0, 0.05) is 30.7 Å². The predicted molar refractivity (Wildman–Crippen MR) is 122 cm³/mol. The largest absolute Gasteiger partial charge is 0.396 e. The molecule has 1 saturated heterocycles. The number of nitrogens with two attached hydrogens (primary N) is 1. The van der Waals surface area contributed by atoms with Gasteiger partial charge in [0.1, 0.15) is 11.8 Å². The fraction of sp³-hybridized carbons (Fsp3) is 0.333. The van der Waals surface area contributed by atoms with Crippen LogP contribution in [0.25, 0.3) is 0 Å². The summed E-state index contributed by atoms with van der Waals surface area (Å²) in [5.41, 5.74) is 7.88. The van der Waals surface area contributed by atoms with Crippen molar-refractivity contribution in [3.8, 4) is 6.07 Å². The second-order valence-corrected chi connectivity index (χ2v) is 8.86. The lowest BCUT2D eigenvalue weighted by Crippen LogP contribution is -2.47. The minimum absolute atomic E-state index is 0.0355. The lowest BCUT2D eigenvalue weighted by Gasteiger charge is -2.31. The van der Waals surface area contributed by atoms with Gasteiger partial charge in [0.2, 0.25) is 5.91 Å². The van der Waals surface area contributed by atoms with E-state index in [1.54, 1.807) is 18.2 Å². The molecule has 1 atom stereocenters. The van der Waals surface area contributed by atoms with Crippen molar-refractivity contribution in [2.75, 3.05) is 18.8 Å². The van der Waals surface area contributed by atoms with Gasteiger partial charge in [-0.25, -0.2) is 4.72 Å². The zero-order valence-electron chi connectivity index (χ0n) is 16.4. The van der Waals surface area contributed by atoms with Crippen molar-refractivity contribution in [3.05, 3.63) is 58.4 Å². The standard InChI is InChI=1S/C21H23Cl2N5OS/c1-14-4-8-28(9-5-14)21(29)19(6-10-27-7-2-3-15(27)13-24)26-30-16-11-17(22)20(25)18(23)12-16/h2-3,7,11-12,19,26H,1,4-6,8-10,25H2. The fourth-order valence-corrected chi connectivity index (χ4v) is 4.70. The number of halogens is 2. The van der Waals surface area contributed by atoms with Crippen LogP contribution in [0.3, 0.4) is 0 Å². The van der Waals surface area contributed by atoms with Crippen LogP contribution in [0.15, 0.2) is 47.5 Å². The number of nitrogen functional groups attached to an aromatic ring is 1. The molecule has 1 fully saturated rings. The second kappa shape index (κ2) is 10.3. The number of piperidine rings is 1. The van der Waals surface area contributed by atoms with Crippen molar-refractivity contribution in [3.63, 3.8) is 0 Å². The number of amides is 1. The van der Waals surface area contributed by atoms with E-state index in [0.717, 1.165) is 17.7 Å². The van der Waals surface area contributed by atoms with Crippen molar-refractivity contribution < 1.29 is 4.79 Å². The highest BCUT2D eigenvalue weighted by molar-refractivity contribution is 7.97. The van der Waals surface area contributed by atoms with Crippen LogP contribution in [0.2, 0.25) is 10.0 Å². The molecule has 1 unspecified atom stereocenters. The highest BCUT2D eigenvalue weighted by atomic mass is 35.5. The lowest BCUT2D eigenvalue weighted by atomic mass is 10.0. The molecule has 1 amide bonds. The number of likely N-dealkylation sites (tertiary alicyclic amines) is 1. The van der Waals surface area contributed by atoms with E-state index >= 15 is 0 Å². The smallest absolute Gasteiger partial charge is 0.240 e. The predicted octanol–water partition coefficient (Wildman–Crippen LogP) is 4.48. The fourth-order valence-electron chi connectivity index (χ4n) is 3.23. The van der Waals surface area contributed by atoms with Crippen LogP contribution in [0.4, 0.5) is 5.69 Å². The Labute approximate surface area is 190 Å². The van der Waals surface area contributed by atoms with Gasteiger partial charge >= 0.3 is 0 Å². The Kier molecular flexibility index (Phi) is 7.73. The maximum absolute atomic E-state index is 13.2. The van der Waals surface area contributed by atoms with Crippen LogP contribution in [-0.4, -0.2) is 34.5 Å². The first-order valence-corrected chi connectivity index (χ1v) is 11.1. The molecule has 1 aliphatic rings. The van der Waals surface area contributed by atoms with E-state index in [1.165, 1.54) is 17.5 Å². The summed E-state index contributed by atoms with van der Waals surface area (Å²) < 4.78 is 5.12. The molecule has 2 aromatic rings. The first-order valence-electron chi connectivity index (χ1n) is 9.56. The van der Waals surface area contributed by atoms with E-state index in [2.05, 4.69) is 17.4 Å². The summed E-state index contributed by atoms with van der Waals surface area (Å²) in [5.74, 6) is 0.0355. The van der Waals surface area contributed by atoms with E-state index in [1.807, 2.05) is 21.7 Å². The number of carbonyl (C=O) groups excluding carboxylic acids is 1. The van der Waals surface area contributed by atoms with Gasteiger partial charge < -0.3 is 15.2 Å². The maximum atomic E-state index is 13.2. The molecule has 0 saturated carbocycles. The molecule has 2 heterocycles. The quantitative estimate of drug-likeness (QED) is 0.358. The molecule has 0 aliphatic carbocycles. The van der Waals surface area contributed by atoms with Crippen LogP contribution in [0.1, 0.15) is 25.0 Å². The summed E-state index contributed by atoms with van der Waals surface area (Å²) in [5, 5.41) is 9.97. The first kappa shape index (κ1) is 22.6. The van der Waals surface area contributed by atoms with Gasteiger partial charge in [-0.05, 0) is 55.5 Å². The summed E-state index contributed by atoms with van der Waals surface area (Å²) in [6, 6.07) is 8.74. The first-order chi connectivity index (χ1) is 14.4. The highest BCUT2D eigenvalue weighted by Crippen LogP contribution is 2.32. The average Bonchev–Trinajstić information content (AvgIpc) is 3.19. The van der Waals surface area contributed by atoms with Crippen LogP contribution in [0, 0.1) is 11.3 Å². The number of carbonyl (C=O) groups is 1. The number of nitrogens with one attached hydrogen (secondary N) is 1. The molecule has 1 aromatic carbocycles. The zero-order chi connectivity index (χ0) is 21.7. The second-order valence-electron chi connectivity index (χ2n) is 7.14. The van der Waals surface area contributed by atoms with Crippen molar-refractivity contribution in [1.29, 1.82) is 5.26 Å². The number of anilines is 1. The Morgan fingerprint density at radius 1 is 1.33 bits per heavy atom. The molecule has 30 heavy (non-hydrogen) atoms. The third-order valence-electron chi connectivity index (χ3n) is 5.05. The average molecular weight is 464 g/mol. The molecule has 6 nitrogen and oxygen atoms in total. The summed E-state index contributed by atoms with van der Waals surface area (Å²) in [6.45, 7) is 5.91. The molecule has 0 radical (unpaired) electrons. The zero-order valence-corrected chi connectivity index (χ0v) is 18.7. The van der Waals surface area contributed by atoms with Gasteiger partial charge in [-0.15, -0.1) is 0 Å². The SMILES string of the molecule is C=C1CCN(C(=O)C(CCn2cccc2C#N)NSc2cc(Cl)c(N)c(Cl)c2)CC1. The summed E-state index contributed by atoms with van der Waals surface area (Å²) in [6.07, 6.45) is 4.02. The molecule has 3 rings (SSSR count). The number of nitrogens with zero attached hydrogens (tertiary/aromatic N) is 3. The molecule has 1 aromatic heterocycles. The third-order valence-corrected chi connectivity index (χ3v) is 6.55. The van der Waals surface area contributed by atoms with Crippen molar-refractivity contribution >= 4 is 46.7 Å². The number of aromatic nitrogens is 1. The minimum Gasteiger partial charge on any atom is -0.396 e. The lowest BCUT2D eigenvalue weighted by molar-refractivity contribution is -0.133. The summed E-state index contributed by atoms with van der Waals surface area (Å²) >= 11 is 13.5. The van der Waals surface area contributed by atoms with Gasteiger partial charge in [0.05, 0.1) is 21.8 Å². The molecule has 0 spiro atoms. The topological polar surface area (TPSA) is 87.1 Å². The number of aryl methyl sites for hydroxylation is 1. The molecule has 1 aliphatic heterocycles. The van der Waals surface area contributed by atoms with E-state index < -0.39 is 6.04 Å². The monoisotopic (exact) mass is 463 g/mol. The molecule has 9 heteroatoms.